The van der Waals surface area contributed by atoms with Crippen molar-refractivity contribution in [2.24, 2.45) is 0 Å². The molecule has 2 aliphatic rings. The fraction of sp³-hybridized carbons (Fsp3) is 0.611. The molecule has 6 nitrogen and oxygen atoms in total. The Morgan fingerprint density at radius 2 is 1.68 bits per heavy atom. The summed E-state index contributed by atoms with van der Waals surface area (Å²) < 4.78 is 30.7. The van der Waals surface area contributed by atoms with Gasteiger partial charge in [0.2, 0.25) is 10.0 Å². The second kappa shape index (κ2) is 7.74. The maximum atomic E-state index is 12.7. The number of carbonyl (C=O) groups excluding carboxylic acids is 1. The Labute approximate surface area is 149 Å². The van der Waals surface area contributed by atoms with Crippen LogP contribution in [0.5, 0.6) is 5.75 Å². The van der Waals surface area contributed by atoms with Gasteiger partial charge in [-0.05, 0) is 56.4 Å². The van der Waals surface area contributed by atoms with Gasteiger partial charge in [0.15, 0.2) is 0 Å². The molecule has 0 bridgehead atoms. The van der Waals surface area contributed by atoms with Gasteiger partial charge in [0.1, 0.15) is 5.75 Å². The zero-order valence-corrected chi connectivity index (χ0v) is 15.5. The largest absolute Gasteiger partial charge is 0.490 e. The second-order valence-corrected chi connectivity index (χ2v) is 8.84. The minimum Gasteiger partial charge on any atom is -0.490 e. The average Bonchev–Trinajstić information content (AvgIpc) is 2.95. The molecule has 2 fully saturated rings. The van der Waals surface area contributed by atoms with Gasteiger partial charge < -0.3 is 9.64 Å². The van der Waals surface area contributed by atoms with Gasteiger partial charge in [-0.1, -0.05) is 0 Å². The van der Waals surface area contributed by atoms with E-state index < -0.39 is 10.0 Å². The molecule has 1 saturated carbocycles. The van der Waals surface area contributed by atoms with Crippen LogP contribution in [-0.4, -0.2) is 62.1 Å². The zero-order chi connectivity index (χ0) is 17.9. The Balaban J connectivity index is 1.60. The average molecular weight is 366 g/mol. The van der Waals surface area contributed by atoms with E-state index in [9.17, 15) is 13.2 Å². The summed E-state index contributed by atoms with van der Waals surface area (Å²) in [6.45, 7) is 1.82. The molecule has 1 aliphatic carbocycles. The molecule has 1 aliphatic heterocycles. The lowest BCUT2D eigenvalue weighted by Crippen LogP contribution is -2.36. The second-order valence-electron chi connectivity index (χ2n) is 6.86. The summed E-state index contributed by atoms with van der Waals surface area (Å²) in [5.41, 5.74) is 0.617. The van der Waals surface area contributed by atoms with Gasteiger partial charge in [-0.2, -0.15) is 0 Å². The zero-order valence-electron chi connectivity index (χ0n) is 14.7. The minimum atomic E-state index is -3.20. The number of rotatable bonds is 4. The summed E-state index contributed by atoms with van der Waals surface area (Å²) in [4.78, 5) is 14.4. The van der Waals surface area contributed by atoms with Crippen molar-refractivity contribution in [3.63, 3.8) is 0 Å². The number of hydrogen-bond donors (Lipinski definition) is 0. The normalized spacial score (nSPS) is 20.4. The van der Waals surface area contributed by atoms with E-state index >= 15 is 0 Å². The lowest BCUT2D eigenvalue weighted by molar-refractivity contribution is 0.0764. The van der Waals surface area contributed by atoms with Crippen molar-refractivity contribution >= 4 is 15.9 Å². The van der Waals surface area contributed by atoms with Gasteiger partial charge in [0, 0.05) is 31.7 Å². The van der Waals surface area contributed by atoms with Crippen LogP contribution < -0.4 is 4.74 Å². The van der Waals surface area contributed by atoms with Crippen molar-refractivity contribution in [3.8, 4) is 5.75 Å². The van der Waals surface area contributed by atoms with E-state index in [2.05, 4.69) is 0 Å². The minimum absolute atomic E-state index is 0.0530. The van der Waals surface area contributed by atoms with Crippen molar-refractivity contribution in [2.45, 2.75) is 38.2 Å². The Hall–Kier alpha value is -1.60. The predicted octanol–water partition coefficient (Wildman–Crippen LogP) is 2.12. The highest BCUT2D eigenvalue weighted by molar-refractivity contribution is 7.88. The summed E-state index contributed by atoms with van der Waals surface area (Å²) in [6.07, 6.45) is 6.82. The third kappa shape index (κ3) is 4.73. The van der Waals surface area contributed by atoms with E-state index in [1.54, 1.807) is 17.0 Å². The Kier molecular flexibility index (Phi) is 5.64. The molecule has 3 rings (SSSR count). The van der Waals surface area contributed by atoms with Gasteiger partial charge >= 0.3 is 0 Å². The molecule has 0 radical (unpaired) electrons. The summed E-state index contributed by atoms with van der Waals surface area (Å²) in [5.74, 6) is 0.755. The summed E-state index contributed by atoms with van der Waals surface area (Å²) in [7, 11) is -3.20. The number of carbonyl (C=O) groups is 1. The van der Waals surface area contributed by atoms with Crippen LogP contribution in [0.2, 0.25) is 0 Å². The van der Waals surface area contributed by atoms with E-state index in [0.717, 1.165) is 18.6 Å². The highest BCUT2D eigenvalue weighted by Gasteiger charge is 2.24. The van der Waals surface area contributed by atoms with Gasteiger partial charge in [-0.15, -0.1) is 0 Å². The Morgan fingerprint density at radius 3 is 2.32 bits per heavy atom. The van der Waals surface area contributed by atoms with E-state index in [0.29, 0.717) is 44.3 Å². The molecular formula is C18H26N2O4S. The molecular weight excluding hydrogens is 340 g/mol. The van der Waals surface area contributed by atoms with Crippen LogP contribution in [0.3, 0.4) is 0 Å². The first-order valence-corrected chi connectivity index (χ1v) is 10.8. The van der Waals surface area contributed by atoms with Crippen molar-refractivity contribution in [1.82, 2.24) is 9.21 Å². The van der Waals surface area contributed by atoms with Gasteiger partial charge in [-0.3, -0.25) is 4.79 Å². The number of hydrogen-bond acceptors (Lipinski definition) is 4. The SMILES string of the molecule is CS(=O)(=O)N1CCCN(C(=O)c2ccc(OC3CCCC3)cc2)CC1. The summed E-state index contributed by atoms with van der Waals surface area (Å²) in [5, 5.41) is 0. The highest BCUT2D eigenvalue weighted by Crippen LogP contribution is 2.24. The van der Waals surface area contributed by atoms with Crippen molar-refractivity contribution in [2.75, 3.05) is 32.4 Å². The molecule has 0 atom stereocenters. The third-order valence-electron chi connectivity index (χ3n) is 4.92. The predicted molar refractivity (Wildman–Crippen MR) is 96.3 cm³/mol. The van der Waals surface area contributed by atoms with Crippen molar-refractivity contribution in [1.29, 1.82) is 0 Å². The molecule has 0 unspecified atom stereocenters. The maximum Gasteiger partial charge on any atom is 0.253 e. The Morgan fingerprint density at radius 1 is 1.00 bits per heavy atom. The number of amides is 1. The van der Waals surface area contributed by atoms with E-state index in [1.807, 2.05) is 12.1 Å². The van der Waals surface area contributed by atoms with Crippen LogP contribution in [0.1, 0.15) is 42.5 Å². The van der Waals surface area contributed by atoms with Crippen LogP contribution in [0.4, 0.5) is 0 Å². The molecule has 138 valence electrons. The molecule has 25 heavy (non-hydrogen) atoms. The molecule has 1 heterocycles. The number of ether oxygens (including phenoxy) is 1. The van der Waals surface area contributed by atoms with Crippen LogP contribution in [0.15, 0.2) is 24.3 Å². The quantitative estimate of drug-likeness (QED) is 0.819. The number of sulfonamides is 1. The lowest BCUT2D eigenvalue weighted by Gasteiger charge is -2.21. The molecule has 1 saturated heterocycles. The smallest absolute Gasteiger partial charge is 0.253 e. The molecule has 1 aromatic rings. The third-order valence-corrected chi connectivity index (χ3v) is 6.22. The van der Waals surface area contributed by atoms with Crippen LogP contribution in [0.25, 0.3) is 0 Å². The first kappa shape index (κ1) is 18.2. The van der Waals surface area contributed by atoms with Gasteiger partial charge in [0.05, 0.1) is 12.4 Å². The Bertz CT molecular complexity index is 696. The fourth-order valence-electron chi connectivity index (χ4n) is 3.49. The van der Waals surface area contributed by atoms with Gasteiger partial charge in [0.25, 0.3) is 5.91 Å². The maximum absolute atomic E-state index is 12.7. The first-order valence-electron chi connectivity index (χ1n) is 8.94. The highest BCUT2D eigenvalue weighted by atomic mass is 32.2. The first-order chi connectivity index (χ1) is 11.9. The van der Waals surface area contributed by atoms with Crippen molar-refractivity contribution < 1.29 is 17.9 Å². The van der Waals surface area contributed by atoms with Gasteiger partial charge in [-0.25, -0.2) is 12.7 Å². The van der Waals surface area contributed by atoms with Crippen LogP contribution in [0, 0.1) is 0 Å². The monoisotopic (exact) mass is 366 g/mol. The van der Waals surface area contributed by atoms with Crippen molar-refractivity contribution in [3.05, 3.63) is 29.8 Å². The summed E-state index contributed by atoms with van der Waals surface area (Å²) >= 11 is 0. The lowest BCUT2D eigenvalue weighted by atomic mass is 10.2. The van der Waals surface area contributed by atoms with Crippen LogP contribution >= 0.6 is 0 Å². The molecule has 0 spiro atoms. The molecule has 1 aromatic carbocycles. The van der Waals surface area contributed by atoms with E-state index in [-0.39, 0.29) is 5.91 Å². The standard InChI is InChI=1S/C18H26N2O4S/c1-25(22,23)20-12-4-11-19(13-14-20)18(21)15-7-9-17(10-8-15)24-16-5-2-3-6-16/h7-10,16H,2-6,11-14H2,1H3. The van der Waals surface area contributed by atoms with Crippen LogP contribution in [-0.2, 0) is 10.0 Å². The molecule has 0 aromatic heterocycles. The fourth-order valence-corrected chi connectivity index (χ4v) is 4.36. The number of nitrogens with zero attached hydrogens (tertiary/aromatic N) is 2. The number of benzene rings is 1. The molecule has 0 N–H and O–H groups in total. The molecule has 1 amide bonds. The molecule has 7 heteroatoms. The summed E-state index contributed by atoms with van der Waals surface area (Å²) in [6, 6.07) is 7.30. The van der Waals surface area contributed by atoms with E-state index in [4.69, 9.17) is 4.74 Å². The topological polar surface area (TPSA) is 66.9 Å². The van der Waals surface area contributed by atoms with E-state index in [1.165, 1.54) is 23.4 Å².